The van der Waals surface area contributed by atoms with Crippen molar-refractivity contribution < 1.29 is 9.53 Å². The lowest BCUT2D eigenvalue weighted by Gasteiger charge is -2.39. The molecule has 4 nitrogen and oxygen atoms in total. The summed E-state index contributed by atoms with van der Waals surface area (Å²) in [4.78, 5) is 13.7. The first-order valence-electron chi connectivity index (χ1n) is 6.80. The molecular weight excluding hydrogens is 216 g/mol. The van der Waals surface area contributed by atoms with Crippen molar-refractivity contribution in [3.63, 3.8) is 0 Å². The molecule has 2 atom stereocenters. The molecule has 0 aromatic carbocycles. The lowest BCUT2D eigenvalue weighted by atomic mass is 9.97. The zero-order valence-electron chi connectivity index (χ0n) is 10.9. The summed E-state index contributed by atoms with van der Waals surface area (Å²) in [6, 6.07) is 2.05. The highest BCUT2D eigenvalue weighted by atomic mass is 16.5. The summed E-state index contributed by atoms with van der Waals surface area (Å²) >= 11 is 0. The maximum atomic E-state index is 11.2. The molecule has 0 aromatic heterocycles. The molecule has 2 fully saturated rings. The van der Waals surface area contributed by atoms with Crippen molar-refractivity contribution in [2.24, 2.45) is 0 Å². The number of nitrogens with zero attached hydrogens (tertiary/aromatic N) is 1. The lowest BCUT2D eigenvalue weighted by molar-refractivity contribution is -0.141. The van der Waals surface area contributed by atoms with Crippen LogP contribution in [0.2, 0.25) is 0 Å². The number of rotatable bonds is 5. The molecule has 0 saturated carbocycles. The van der Waals surface area contributed by atoms with Gasteiger partial charge in [-0.25, -0.2) is 0 Å². The van der Waals surface area contributed by atoms with Crippen molar-refractivity contribution in [3.05, 3.63) is 0 Å². The first kappa shape index (κ1) is 12.8. The molecule has 2 heterocycles. The van der Waals surface area contributed by atoms with E-state index >= 15 is 0 Å². The van der Waals surface area contributed by atoms with Crippen molar-refractivity contribution in [2.45, 2.75) is 57.2 Å². The van der Waals surface area contributed by atoms with Gasteiger partial charge in [-0.15, -0.1) is 0 Å². The summed E-state index contributed by atoms with van der Waals surface area (Å²) in [5.41, 5.74) is 0. The van der Waals surface area contributed by atoms with Gasteiger partial charge < -0.3 is 10.1 Å². The molecule has 2 saturated heterocycles. The Morgan fingerprint density at radius 1 is 1.35 bits per heavy atom. The van der Waals surface area contributed by atoms with E-state index < -0.39 is 0 Å². The van der Waals surface area contributed by atoms with Gasteiger partial charge in [-0.1, -0.05) is 6.92 Å². The Hall–Kier alpha value is -0.610. The number of fused-ring (bicyclic) bond motifs is 2. The van der Waals surface area contributed by atoms with E-state index in [4.69, 9.17) is 4.74 Å². The Balaban J connectivity index is 1.83. The standard InChI is InChI=1S/C13H24N2O2/c1-3-14-10-8-11-4-5-12(9-10)15(11)7-6-13(16)17-2/h10-12,14H,3-9H2,1-2H3. The average Bonchev–Trinajstić information content (AvgIpc) is 2.57. The fraction of sp³-hybridized carbons (Fsp3) is 0.923. The molecule has 2 aliphatic heterocycles. The number of carbonyl (C=O) groups is 1. The summed E-state index contributed by atoms with van der Waals surface area (Å²) in [7, 11) is 1.47. The van der Waals surface area contributed by atoms with Crippen LogP contribution in [-0.4, -0.2) is 49.2 Å². The van der Waals surface area contributed by atoms with Gasteiger partial charge in [0.05, 0.1) is 13.5 Å². The summed E-state index contributed by atoms with van der Waals surface area (Å²) in [6.45, 7) is 4.11. The van der Waals surface area contributed by atoms with E-state index in [1.807, 2.05) is 0 Å². The predicted octanol–water partition coefficient (Wildman–Crippen LogP) is 1.15. The summed E-state index contributed by atoms with van der Waals surface area (Å²) < 4.78 is 4.71. The lowest BCUT2D eigenvalue weighted by Crippen LogP contribution is -2.49. The largest absolute Gasteiger partial charge is 0.469 e. The molecule has 0 aliphatic carbocycles. The van der Waals surface area contributed by atoms with Crippen molar-refractivity contribution in [1.82, 2.24) is 10.2 Å². The minimum atomic E-state index is -0.0850. The van der Waals surface area contributed by atoms with Gasteiger partial charge in [-0.3, -0.25) is 9.69 Å². The third-order valence-corrected chi connectivity index (χ3v) is 4.18. The monoisotopic (exact) mass is 240 g/mol. The van der Waals surface area contributed by atoms with E-state index in [0.29, 0.717) is 24.5 Å². The number of hydrogen-bond donors (Lipinski definition) is 1. The molecule has 0 spiro atoms. The first-order valence-corrected chi connectivity index (χ1v) is 6.80. The van der Waals surface area contributed by atoms with Crippen molar-refractivity contribution in [1.29, 1.82) is 0 Å². The molecule has 2 unspecified atom stereocenters. The van der Waals surface area contributed by atoms with E-state index in [0.717, 1.165) is 13.1 Å². The van der Waals surface area contributed by atoms with Crippen LogP contribution in [0.15, 0.2) is 0 Å². The van der Waals surface area contributed by atoms with E-state index in [1.54, 1.807) is 0 Å². The van der Waals surface area contributed by atoms with E-state index in [2.05, 4.69) is 17.1 Å². The number of piperidine rings is 1. The van der Waals surface area contributed by atoms with Crippen LogP contribution in [0.25, 0.3) is 0 Å². The second-order valence-corrected chi connectivity index (χ2v) is 5.17. The number of nitrogens with one attached hydrogen (secondary N) is 1. The summed E-state index contributed by atoms with van der Waals surface area (Å²) in [6.07, 6.45) is 5.62. The van der Waals surface area contributed by atoms with Crippen LogP contribution in [-0.2, 0) is 9.53 Å². The summed E-state index contributed by atoms with van der Waals surface area (Å²) in [5, 5.41) is 3.56. The zero-order valence-corrected chi connectivity index (χ0v) is 10.9. The van der Waals surface area contributed by atoms with Gasteiger partial charge in [0, 0.05) is 24.7 Å². The van der Waals surface area contributed by atoms with Gasteiger partial charge in [-0.2, -0.15) is 0 Å². The Morgan fingerprint density at radius 3 is 2.53 bits per heavy atom. The van der Waals surface area contributed by atoms with Crippen LogP contribution in [0.1, 0.15) is 39.0 Å². The zero-order chi connectivity index (χ0) is 12.3. The third-order valence-electron chi connectivity index (χ3n) is 4.18. The van der Waals surface area contributed by atoms with Crippen LogP contribution in [0.4, 0.5) is 0 Å². The molecule has 98 valence electrons. The molecule has 2 bridgehead atoms. The molecule has 1 N–H and O–H groups in total. The number of ether oxygens (including phenoxy) is 1. The van der Waals surface area contributed by atoms with Crippen LogP contribution in [0.5, 0.6) is 0 Å². The van der Waals surface area contributed by atoms with E-state index in [1.165, 1.54) is 32.8 Å². The summed E-state index contributed by atoms with van der Waals surface area (Å²) in [5.74, 6) is -0.0850. The molecule has 2 rings (SSSR count). The minimum absolute atomic E-state index is 0.0850. The number of methoxy groups -OCH3 is 1. The second-order valence-electron chi connectivity index (χ2n) is 5.17. The molecule has 2 aliphatic rings. The van der Waals surface area contributed by atoms with E-state index in [-0.39, 0.29) is 5.97 Å². The SMILES string of the molecule is CCNC1CC2CCC(C1)N2CCC(=O)OC. The highest BCUT2D eigenvalue weighted by molar-refractivity contribution is 5.69. The Labute approximate surface area is 104 Å². The Kier molecular flexibility index (Phi) is 4.40. The maximum absolute atomic E-state index is 11.2. The van der Waals surface area contributed by atoms with Crippen molar-refractivity contribution in [2.75, 3.05) is 20.2 Å². The predicted molar refractivity (Wildman–Crippen MR) is 66.8 cm³/mol. The minimum Gasteiger partial charge on any atom is -0.469 e. The molecule has 4 heteroatoms. The first-order chi connectivity index (χ1) is 8.24. The van der Waals surface area contributed by atoms with Crippen molar-refractivity contribution in [3.8, 4) is 0 Å². The Bertz CT molecular complexity index is 256. The maximum Gasteiger partial charge on any atom is 0.306 e. The van der Waals surface area contributed by atoms with Crippen LogP contribution in [0, 0.1) is 0 Å². The quantitative estimate of drug-likeness (QED) is 0.732. The molecular formula is C13H24N2O2. The fourth-order valence-corrected chi connectivity index (χ4v) is 3.42. The molecule has 0 radical (unpaired) electrons. The molecule has 17 heavy (non-hydrogen) atoms. The Morgan fingerprint density at radius 2 is 2.00 bits per heavy atom. The van der Waals surface area contributed by atoms with Crippen LogP contribution < -0.4 is 5.32 Å². The number of esters is 1. The van der Waals surface area contributed by atoms with Gasteiger partial charge in [-0.05, 0) is 32.2 Å². The van der Waals surface area contributed by atoms with Gasteiger partial charge >= 0.3 is 5.97 Å². The topological polar surface area (TPSA) is 41.6 Å². The van der Waals surface area contributed by atoms with E-state index in [9.17, 15) is 4.79 Å². The smallest absolute Gasteiger partial charge is 0.306 e. The average molecular weight is 240 g/mol. The van der Waals surface area contributed by atoms with Gasteiger partial charge in [0.1, 0.15) is 0 Å². The highest BCUT2D eigenvalue weighted by Crippen LogP contribution is 2.35. The van der Waals surface area contributed by atoms with Gasteiger partial charge in [0.25, 0.3) is 0 Å². The van der Waals surface area contributed by atoms with Crippen molar-refractivity contribution >= 4 is 5.97 Å². The molecule has 0 aromatic rings. The van der Waals surface area contributed by atoms with Gasteiger partial charge in [0.15, 0.2) is 0 Å². The van der Waals surface area contributed by atoms with Gasteiger partial charge in [0.2, 0.25) is 0 Å². The third kappa shape index (κ3) is 2.99. The molecule has 0 amide bonds. The highest BCUT2D eigenvalue weighted by Gasteiger charge is 2.40. The van der Waals surface area contributed by atoms with Crippen LogP contribution in [0.3, 0.4) is 0 Å². The number of carbonyl (C=O) groups excluding carboxylic acids is 1. The number of hydrogen-bond acceptors (Lipinski definition) is 4. The normalized spacial score (nSPS) is 32.7. The second kappa shape index (κ2) is 5.83. The fourth-order valence-electron chi connectivity index (χ4n) is 3.42. The van der Waals surface area contributed by atoms with Crippen LogP contribution >= 0.6 is 0 Å².